The summed E-state index contributed by atoms with van der Waals surface area (Å²) in [5, 5.41) is 9.60. The van der Waals surface area contributed by atoms with Crippen molar-refractivity contribution in [2.75, 3.05) is 16.9 Å². The number of carbonyl (C=O) groups is 1. The average molecular weight is 465 g/mol. The van der Waals surface area contributed by atoms with Gasteiger partial charge in [0.05, 0.1) is 39.2 Å². The molecular weight excluding hydrogens is 448 g/mol. The van der Waals surface area contributed by atoms with E-state index in [0.717, 1.165) is 6.26 Å². The van der Waals surface area contributed by atoms with Gasteiger partial charge in [0.1, 0.15) is 0 Å². The van der Waals surface area contributed by atoms with E-state index in [2.05, 4.69) is 11.1 Å². The molecule has 0 aliphatic carbocycles. The minimum Gasteiger partial charge on any atom is -0.396 e. The number of rotatable bonds is 3. The average Bonchev–Trinajstić information content (AvgIpc) is 3.00. The van der Waals surface area contributed by atoms with Crippen LogP contribution >= 0.6 is 11.6 Å². The molecule has 0 saturated carbocycles. The van der Waals surface area contributed by atoms with Crippen LogP contribution in [0.15, 0.2) is 53.4 Å². The number of nitrogens with zero attached hydrogens (tertiary/aromatic N) is 3. The number of sulfone groups is 1. The van der Waals surface area contributed by atoms with Gasteiger partial charge in [-0.05, 0) is 67.1 Å². The van der Waals surface area contributed by atoms with Crippen LogP contribution in [0.5, 0.6) is 0 Å². The lowest BCUT2D eigenvalue weighted by molar-refractivity contribution is -0.112. The summed E-state index contributed by atoms with van der Waals surface area (Å²) in [6.45, 7) is 1.79. The zero-order valence-corrected chi connectivity index (χ0v) is 18.7. The molecule has 2 aromatic carbocycles. The van der Waals surface area contributed by atoms with Crippen LogP contribution in [0.3, 0.4) is 0 Å². The van der Waals surface area contributed by atoms with Crippen LogP contribution in [-0.2, 0) is 14.6 Å². The molecule has 0 radical (unpaired) electrons. The lowest BCUT2D eigenvalue weighted by Gasteiger charge is -2.18. The van der Waals surface area contributed by atoms with E-state index < -0.39 is 9.84 Å². The normalized spacial score (nSPS) is 14.5. The van der Waals surface area contributed by atoms with E-state index in [1.807, 2.05) is 0 Å². The summed E-state index contributed by atoms with van der Waals surface area (Å²) in [5.41, 5.74) is 9.63. The van der Waals surface area contributed by atoms with Gasteiger partial charge in [-0.3, -0.25) is 9.69 Å². The van der Waals surface area contributed by atoms with Crippen molar-refractivity contribution in [3.63, 3.8) is 0 Å². The third-order valence-corrected chi connectivity index (χ3v) is 6.57. The molecule has 0 atom stereocenters. The molecule has 1 amide bonds. The van der Waals surface area contributed by atoms with Crippen molar-refractivity contribution >= 4 is 56.1 Å². The molecule has 4 rings (SSSR count). The number of aryl methyl sites for hydroxylation is 1. The molecule has 1 aliphatic heterocycles. The largest absolute Gasteiger partial charge is 0.396 e. The van der Waals surface area contributed by atoms with Crippen LogP contribution < -0.4 is 10.6 Å². The van der Waals surface area contributed by atoms with Crippen molar-refractivity contribution < 1.29 is 13.2 Å². The number of pyridine rings is 1. The number of fused-ring (bicyclic) bond motifs is 1. The standard InChI is InChI=1S/C23H17ClN4O3S/c1-13-9-21-18(10-14(13)12-25)19(11-15-3-8-20(26)22(24)27-15)23(29)28(21)16-4-6-17(7-5-16)32(2,30)31/h3-11H,26H2,1-2H3. The summed E-state index contributed by atoms with van der Waals surface area (Å²) in [5.74, 6) is -0.337. The number of hydrogen-bond acceptors (Lipinski definition) is 6. The molecule has 1 aliphatic rings. The molecule has 0 bridgehead atoms. The third-order valence-electron chi connectivity index (χ3n) is 5.14. The number of aromatic nitrogens is 1. The van der Waals surface area contributed by atoms with Crippen LogP contribution in [-0.4, -0.2) is 25.6 Å². The van der Waals surface area contributed by atoms with Crippen LogP contribution in [0.4, 0.5) is 17.1 Å². The summed E-state index contributed by atoms with van der Waals surface area (Å²) < 4.78 is 23.6. The van der Waals surface area contributed by atoms with E-state index in [1.54, 1.807) is 49.4 Å². The number of nitrogens with two attached hydrogens (primary N) is 1. The van der Waals surface area contributed by atoms with Crippen molar-refractivity contribution in [1.29, 1.82) is 5.26 Å². The fourth-order valence-electron chi connectivity index (χ4n) is 3.48. The lowest BCUT2D eigenvalue weighted by Crippen LogP contribution is -2.20. The molecule has 0 fully saturated rings. The van der Waals surface area contributed by atoms with Crippen LogP contribution in [0.2, 0.25) is 5.15 Å². The minimum absolute atomic E-state index is 0.125. The first kappa shape index (κ1) is 21.6. The van der Waals surface area contributed by atoms with Gasteiger partial charge in [-0.1, -0.05) is 11.6 Å². The highest BCUT2D eigenvalue weighted by molar-refractivity contribution is 7.90. The minimum atomic E-state index is -3.37. The molecule has 2 heterocycles. The topological polar surface area (TPSA) is 117 Å². The molecule has 0 unspecified atom stereocenters. The second-order valence-electron chi connectivity index (χ2n) is 7.38. The number of hydrogen-bond donors (Lipinski definition) is 1. The summed E-state index contributed by atoms with van der Waals surface area (Å²) in [6, 6.07) is 14.9. The number of benzene rings is 2. The van der Waals surface area contributed by atoms with Crippen LogP contribution in [0, 0.1) is 18.3 Å². The molecule has 0 spiro atoms. The molecule has 1 aromatic heterocycles. The Hall–Kier alpha value is -3.67. The van der Waals surface area contributed by atoms with Gasteiger partial charge in [-0.2, -0.15) is 5.26 Å². The monoisotopic (exact) mass is 464 g/mol. The predicted molar refractivity (Wildman–Crippen MR) is 124 cm³/mol. The van der Waals surface area contributed by atoms with E-state index in [1.165, 1.54) is 17.0 Å². The quantitative estimate of drug-likeness (QED) is 0.460. The molecule has 7 nitrogen and oxygen atoms in total. The van der Waals surface area contributed by atoms with Gasteiger partial charge in [0.2, 0.25) is 0 Å². The Balaban J connectivity index is 1.90. The maximum Gasteiger partial charge on any atom is 0.263 e. The zero-order chi connectivity index (χ0) is 23.2. The van der Waals surface area contributed by atoms with Crippen molar-refractivity contribution in [3.05, 3.63) is 76.1 Å². The second-order valence-corrected chi connectivity index (χ2v) is 9.75. The summed E-state index contributed by atoms with van der Waals surface area (Å²) >= 11 is 6.03. The Kier molecular flexibility index (Phi) is 5.25. The molecule has 0 saturated heterocycles. The van der Waals surface area contributed by atoms with E-state index in [4.69, 9.17) is 17.3 Å². The van der Waals surface area contributed by atoms with E-state index in [9.17, 15) is 18.5 Å². The van der Waals surface area contributed by atoms with Gasteiger partial charge in [0.15, 0.2) is 15.0 Å². The second kappa shape index (κ2) is 7.79. The molecule has 32 heavy (non-hydrogen) atoms. The third kappa shape index (κ3) is 3.73. The molecular formula is C23H17ClN4O3S. The predicted octanol–water partition coefficient (Wildman–Crippen LogP) is 4.12. The molecule has 160 valence electrons. The van der Waals surface area contributed by atoms with Gasteiger partial charge < -0.3 is 5.73 Å². The first-order valence-corrected chi connectivity index (χ1v) is 11.7. The zero-order valence-electron chi connectivity index (χ0n) is 17.1. The maximum absolute atomic E-state index is 13.5. The fraction of sp³-hybridized carbons (Fsp3) is 0.0870. The Morgan fingerprint density at radius 2 is 1.84 bits per heavy atom. The van der Waals surface area contributed by atoms with Crippen molar-refractivity contribution in [3.8, 4) is 6.07 Å². The lowest BCUT2D eigenvalue weighted by atomic mass is 10.00. The Morgan fingerprint density at radius 1 is 1.16 bits per heavy atom. The van der Waals surface area contributed by atoms with Gasteiger partial charge in [0.25, 0.3) is 5.91 Å². The van der Waals surface area contributed by atoms with E-state index in [0.29, 0.717) is 45.0 Å². The Labute approximate surface area is 190 Å². The van der Waals surface area contributed by atoms with Gasteiger partial charge in [-0.15, -0.1) is 0 Å². The van der Waals surface area contributed by atoms with Gasteiger partial charge >= 0.3 is 0 Å². The summed E-state index contributed by atoms with van der Waals surface area (Å²) in [4.78, 5) is 19.3. The SMILES string of the molecule is Cc1cc2c(cc1C#N)C(=Cc1ccc(N)c(Cl)n1)C(=O)N2c1ccc(S(C)(=O)=O)cc1. The molecule has 3 aromatic rings. The Morgan fingerprint density at radius 3 is 2.44 bits per heavy atom. The molecule has 2 N–H and O–H groups in total. The summed E-state index contributed by atoms with van der Waals surface area (Å²) in [7, 11) is -3.37. The van der Waals surface area contributed by atoms with Crippen molar-refractivity contribution in [2.45, 2.75) is 11.8 Å². The first-order valence-electron chi connectivity index (χ1n) is 9.43. The number of amides is 1. The van der Waals surface area contributed by atoms with Gasteiger partial charge in [0, 0.05) is 17.5 Å². The van der Waals surface area contributed by atoms with Crippen molar-refractivity contribution in [1.82, 2.24) is 4.98 Å². The molecule has 9 heteroatoms. The van der Waals surface area contributed by atoms with Gasteiger partial charge in [-0.25, -0.2) is 13.4 Å². The smallest absolute Gasteiger partial charge is 0.263 e. The highest BCUT2D eigenvalue weighted by atomic mass is 35.5. The Bertz CT molecular complexity index is 1460. The number of nitrogen functional groups attached to an aromatic ring is 1. The first-order chi connectivity index (χ1) is 15.1. The number of carbonyl (C=O) groups excluding carboxylic acids is 1. The number of nitriles is 1. The van der Waals surface area contributed by atoms with Crippen LogP contribution in [0.1, 0.15) is 22.4 Å². The summed E-state index contributed by atoms with van der Waals surface area (Å²) in [6.07, 6.45) is 2.71. The number of halogens is 1. The number of anilines is 3. The van der Waals surface area contributed by atoms with Crippen LogP contribution in [0.25, 0.3) is 11.6 Å². The van der Waals surface area contributed by atoms with Crippen molar-refractivity contribution in [2.24, 2.45) is 0 Å². The maximum atomic E-state index is 13.5. The highest BCUT2D eigenvalue weighted by Crippen LogP contribution is 2.43. The van der Waals surface area contributed by atoms with E-state index >= 15 is 0 Å². The highest BCUT2D eigenvalue weighted by Gasteiger charge is 2.34. The fourth-order valence-corrected chi connectivity index (χ4v) is 4.28. The van der Waals surface area contributed by atoms with E-state index in [-0.39, 0.29) is 16.0 Å².